The van der Waals surface area contributed by atoms with Crippen molar-refractivity contribution >= 4 is 12.1 Å². The van der Waals surface area contributed by atoms with E-state index in [0.717, 1.165) is 12.3 Å². The summed E-state index contributed by atoms with van der Waals surface area (Å²) in [6, 6.07) is -0.724. The van der Waals surface area contributed by atoms with Crippen molar-refractivity contribution in [3.8, 4) is 0 Å². The van der Waals surface area contributed by atoms with Crippen molar-refractivity contribution in [3.63, 3.8) is 0 Å². The van der Waals surface area contributed by atoms with Crippen LogP contribution < -0.4 is 0 Å². The number of rotatable bonds is 3. The fourth-order valence-corrected chi connectivity index (χ4v) is 2.68. The molecular weight excluding hydrogens is 246 g/mol. The highest BCUT2D eigenvalue weighted by molar-refractivity contribution is 5.81. The minimum atomic E-state index is -0.927. The molecule has 2 aliphatic rings. The Morgan fingerprint density at radius 1 is 1.26 bits per heavy atom. The molecule has 1 aliphatic heterocycles. The van der Waals surface area contributed by atoms with Gasteiger partial charge in [-0.15, -0.1) is 0 Å². The van der Waals surface area contributed by atoms with Crippen LogP contribution >= 0.6 is 0 Å². The lowest BCUT2D eigenvalue weighted by molar-refractivity contribution is -0.142. The molecule has 0 aromatic heterocycles. The Kier molecular flexibility index (Phi) is 3.74. The molecule has 0 radical (unpaired) electrons. The monoisotopic (exact) mass is 269 g/mol. The normalized spacial score (nSPS) is 27.4. The van der Waals surface area contributed by atoms with Crippen molar-refractivity contribution < 1.29 is 19.4 Å². The maximum absolute atomic E-state index is 12.1. The third kappa shape index (κ3) is 3.85. The molecule has 2 fully saturated rings. The quantitative estimate of drug-likeness (QED) is 0.854. The number of carboxylic acids is 1. The van der Waals surface area contributed by atoms with E-state index in [-0.39, 0.29) is 0 Å². The Morgan fingerprint density at radius 2 is 1.89 bits per heavy atom. The summed E-state index contributed by atoms with van der Waals surface area (Å²) in [4.78, 5) is 24.7. The van der Waals surface area contributed by atoms with Crippen LogP contribution in [0.15, 0.2) is 0 Å². The van der Waals surface area contributed by atoms with E-state index in [4.69, 9.17) is 4.74 Å². The lowest BCUT2D eigenvalue weighted by Crippen LogP contribution is -2.43. The number of nitrogens with zero attached hydrogens (tertiary/aromatic N) is 1. The molecule has 1 saturated carbocycles. The maximum atomic E-state index is 12.1. The number of carboxylic acid groups (broad SMARTS) is 1. The predicted octanol–water partition coefficient (Wildman–Crippen LogP) is 2.50. The van der Waals surface area contributed by atoms with Gasteiger partial charge < -0.3 is 9.84 Å². The SMILES string of the molecule is CC(C)(C)OC(=O)N1CC(CC2CC2)C[C@H]1C(=O)O. The van der Waals surface area contributed by atoms with E-state index in [1.54, 1.807) is 20.8 Å². The first kappa shape index (κ1) is 14.2. The van der Waals surface area contributed by atoms with Crippen molar-refractivity contribution in [2.75, 3.05) is 6.54 Å². The predicted molar refractivity (Wildman–Crippen MR) is 69.8 cm³/mol. The third-order valence-corrected chi connectivity index (χ3v) is 3.66. The van der Waals surface area contributed by atoms with Crippen LogP contribution in [0.4, 0.5) is 4.79 Å². The summed E-state index contributed by atoms with van der Waals surface area (Å²) in [6.45, 7) is 5.89. The molecule has 19 heavy (non-hydrogen) atoms. The zero-order chi connectivity index (χ0) is 14.2. The molecule has 1 amide bonds. The van der Waals surface area contributed by atoms with Crippen LogP contribution in [0.5, 0.6) is 0 Å². The zero-order valence-corrected chi connectivity index (χ0v) is 11.9. The number of aliphatic carboxylic acids is 1. The summed E-state index contributed by atoms with van der Waals surface area (Å²) in [5, 5.41) is 9.25. The van der Waals surface area contributed by atoms with E-state index in [0.29, 0.717) is 18.9 Å². The second kappa shape index (κ2) is 5.02. The van der Waals surface area contributed by atoms with E-state index in [2.05, 4.69) is 0 Å². The second-order valence-electron chi connectivity index (χ2n) is 6.77. The summed E-state index contributed by atoms with van der Waals surface area (Å²) in [7, 11) is 0. The Balaban J connectivity index is 1.99. The first-order valence-corrected chi connectivity index (χ1v) is 6.98. The van der Waals surface area contributed by atoms with Crippen LogP contribution in [0.25, 0.3) is 0 Å². The Labute approximate surface area is 113 Å². The summed E-state index contributed by atoms with van der Waals surface area (Å²) in [5.41, 5.74) is -0.589. The number of amides is 1. The van der Waals surface area contributed by atoms with Gasteiger partial charge in [0, 0.05) is 6.54 Å². The number of hydrogen-bond acceptors (Lipinski definition) is 3. The highest BCUT2D eigenvalue weighted by Gasteiger charge is 2.42. The largest absolute Gasteiger partial charge is 0.480 e. The summed E-state index contributed by atoms with van der Waals surface area (Å²) in [5.74, 6) is 0.128. The average Bonchev–Trinajstić information content (AvgIpc) is 2.92. The molecule has 2 rings (SSSR count). The fraction of sp³-hybridized carbons (Fsp3) is 0.857. The molecule has 1 heterocycles. The fourth-order valence-electron chi connectivity index (χ4n) is 2.68. The highest BCUT2D eigenvalue weighted by atomic mass is 16.6. The number of hydrogen-bond donors (Lipinski definition) is 1. The first-order valence-electron chi connectivity index (χ1n) is 6.98. The molecule has 0 aromatic rings. The van der Waals surface area contributed by atoms with Gasteiger partial charge in [0.1, 0.15) is 11.6 Å². The Morgan fingerprint density at radius 3 is 2.37 bits per heavy atom. The topological polar surface area (TPSA) is 66.8 Å². The molecular formula is C14H23NO4. The molecule has 2 atom stereocenters. The van der Waals surface area contributed by atoms with E-state index >= 15 is 0 Å². The summed E-state index contributed by atoms with van der Waals surface area (Å²) >= 11 is 0. The van der Waals surface area contributed by atoms with Crippen molar-refractivity contribution in [1.29, 1.82) is 0 Å². The van der Waals surface area contributed by atoms with Gasteiger partial charge in [-0.25, -0.2) is 9.59 Å². The van der Waals surface area contributed by atoms with Crippen molar-refractivity contribution in [1.82, 2.24) is 4.90 Å². The van der Waals surface area contributed by atoms with Crippen molar-refractivity contribution in [2.24, 2.45) is 11.8 Å². The summed E-state index contributed by atoms with van der Waals surface area (Å²) < 4.78 is 5.29. The molecule has 1 aliphatic carbocycles. The molecule has 0 aromatic carbocycles. The summed E-state index contributed by atoms with van der Waals surface area (Å²) in [6.07, 6.45) is 3.60. The number of likely N-dealkylation sites (tertiary alicyclic amines) is 1. The van der Waals surface area contributed by atoms with Crippen molar-refractivity contribution in [2.45, 2.75) is 58.1 Å². The molecule has 5 heteroatoms. The van der Waals surface area contributed by atoms with E-state index < -0.39 is 23.7 Å². The van der Waals surface area contributed by atoms with E-state index in [9.17, 15) is 14.7 Å². The number of carbonyl (C=O) groups excluding carboxylic acids is 1. The number of ether oxygens (including phenoxy) is 1. The van der Waals surface area contributed by atoms with Gasteiger partial charge in [-0.05, 0) is 45.4 Å². The van der Waals surface area contributed by atoms with Gasteiger partial charge in [0.15, 0.2) is 0 Å². The van der Waals surface area contributed by atoms with Gasteiger partial charge in [-0.3, -0.25) is 4.90 Å². The van der Waals surface area contributed by atoms with Crippen LogP contribution in [0.1, 0.15) is 46.5 Å². The van der Waals surface area contributed by atoms with Gasteiger partial charge in [-0.2, -0.15) is 0 Å². The lowest BCUT2D eigenvalue weighted by Gasteiger charge is -2.26. The zero-order valence-electron chi connectivity index (χ0n) is 11.9. The number of carbonyl (C=O) groups is 2. The van der Waals surface area contributed by atoms with Crippen LogP contribution in [-0.4, -0.2) is 40.3 Å². The van der Waals surface area contributed by atoms with Gasteiger partial charge in [0.2, 0.25) is 0 Å². The standard InChI is InChI=1S/C14H23NO4/c1-14(2,3)19-13(18)15-8-10(6-9-4-5-9)7-11(15)12(16)17/h9-11H,4-8H2,1-3H3,(H,16,17)/t10?,11-/m0/s1. The molecule has 1 saturated heterocycles. The van der Waals surface area contributed by atoms with Gasteiger partial charge in [0.05, 0.1) is 0 Å². The minimum Gasteiger partial charge on any atom is -0.480 e. The van der Waals surface area contributed by atoms with Gasteiger partial charge in [-0.1, -0.05) is 12.8 Å². The van der Waals surface area contributed by atoms with Crippen LogP contribution in [-0.2, 0) is 9.53 Å². The van der Waals surface area contributed by atoms with Crippen LogP contribution in [0.3, 0.4) is 0 Å². The lowest BCUT2D eigenvalue weighted by atomic mass is 9.99. The maximum Gasteiger partial charge on any atom is 0.411 e. The van der Waals surface area contributed by atoms with Crippen LogP contribution in [0, 0.1) is 11.8 Å². The van der Waals surface area contributed by atoms with Crippen LogP contribution in [0.2, 0.25) is 0 Å². The smallest absolute Gasteiger partial charge is 0.411 e. The average molecular weight is 269 g/mol. The van der Waals surface area contributed by atoms with Gasteiger partial charge >= 0.3 is 12.1 Å². The van der Waals surface area contributed by atoms with E-state index in [1.807, 2.05) is 0 Å². The Bertz CT molecular complexity index is 370. The second-order valence-corrected chi connectivity index (χ2v) is 6.77. The molecule has 0 spiro atoms. The molecule has 1 N–H and O–H groups in total. The molecule has 5 nitrogen and oxygen atoms in total. The van der Waals surface area contributed by atoms with Crippen molar-refractivity contribution in [3.05, 3.63) is 0 Å². The molecule has 0 bridgehead atoms. The minimum absolute atomic E-state index is 0.307. The van der Waals surface area contributed by atoms with Gasteiger partial charge in [0.25, 0.3) is 0 Å². The highest BCUT2D eigenvalue weighted by Crippen LogP contribution is 2.39. The van der Waals surface area contributed by atoms with E-state index in [1.165, 1.54) is 17.7 Å². The molecule has 1 unspecified atom stereocenters. The molecule has 108 valence electrons. The third-order valence-electron chi connectivity index (χ3n) is 3.66. The first-order chi connectivity index (χ1) is 8.76. The Hall–Kier alpha value is -1.26.